The number of hydrogen-bond acceptors (Lipinski definition) is 3. The number of anilines is 1. The van der Waals surface area contributed by atoms with Crippen molar-refractivity contribution in [3.8, 4) is 0 Å². The molecule has 0 aliphatic carbocycles. The van der Waals surface area contributed by atoms with Crippen LogP contribution in [-0.4, -0.2) is 47.4 Å². The maximum Gasteiger partial charge on any atom is 0.416 e. The molecule has 0 amide bonds. The topological polar surface area (TPSA) is 24.3 Å². The lowest BCUT2D eigenvalue weighted by molar-refractivity contribution is -0.137. The third kappa shape index (κ3) is 5.24. The van der Waals surface area contributed by atoms with Crippen molar-refractivity contribution < 1.29 is 13.2 Å². The number of benzene rings is 1. The number of halogens is 3. The molecule has 2 aromatic rings. The van der Waals surface area contributed by atoms with Crippen LogP contribution >= 0.6 is 0 Å². The first-order valence-corrected chi connectivity index (χ1v) is 9.14. The van der Waals surface area contributed by atoms with Crippen LogP contribution in [0.4, 0.5) is 18.9 Å². The van der Waals surface area contributed by atoms with Crippen LogP contribution in [0.1, 0.15) is 24.8 Å². The zero-order chi connectivity index (χ0) is 18.4. The van der Waals surface area contributed by atoms with E-state index >= 15 is 0 Å². The number of aryl methyl sites for hydroxylation is 1. The molecular weight excluding hydrogens is 341 g/mol. The number of piperazine rings is 1. The second-order valence-corrected chi connectivity index (χ2v) is 6.71. The van der Waals surface area contributed by atoms with Crippen molar-refractivity contribution in [2.24, 2.45) is 0 Å². The van der Waals surface area contributed by atoms with E-state index in [1.807, 2.05) is 21.8 Å². The van der Waals surface area contributed by atoms with Crippen LogP contribution in [0.3, 0.4) is 0 Å². The molecule has 1 aromatic heterocycles. The predicted molar refractivity (Wildman–Crippen MR) is 96.2 cm³/mol. The van der Waals surface area contributed by atoms with Gasteiger partial charge in [-0.1, -0.05) is 12.5 Å². The van der Waals surface area contributed by atoms with Crippen LogP contribution < -0.4 is 4.90 Å². The summed E-state index contributed by atoms with van der Waals surface area (Å²) in [6.07, 6.45) is 2.91. The standard InChI is InChI=1S/C19H25F3N4/c20-19(21,22)17-6-4-7-18(16-17)25-14-12-24(13-15-25)9-2-1-3-10-26-11-5-8-23-26/h4-8,11,16H,1-3,9-10,12-15H2. The van der Waals surface area contributed by atoms with Gasteiger partial charge in [-0.05, 0) is 43.7 Å². The van der Waals surface area contributed by atoms with Gasteiger partial charge in [-0.3, -0.25) is 9.58 Å². The Hall–Kier alpha value is -2.02. The highest BCUT2D eigenvalue weighted by Gasteiger charge is 2.31. The van der Waals surface area contributed by atoms with E-state index < -0.39 is 11.7 Å². The van der Waals surface area contributed by atoms with E-state index in [1.165, 1.54) is 12.1 Å². The van der Waals surface area contributed by atoms with Gasteiger partial charge in [-0.15, -0.1) is 0 Å². The lowest BCUT2D eigenvalue weighted by Gasteiger charge is -2.36. The summed E-state index contributed by atoms with van der Waals surface area (Å²) in [6, 6.07) is 7.57. The number of aromatic nitrogens is 2. The molecule has 0 radical (unpaired) electrons. The first-order chi connectivity index (χ1) is 12.5. The summed E-state index contributed by atoms with van der Waals surface area (Å²) < 4.78 is 40.5. The lowest BCUT2D eigenvalue weighted by Crippen LogP contribution is -2.46. The summed E-state index contributed by atoms with van der Waals surface area (Å²) in [7, 11) is 0. The van der Waals surface area contributed by atoms with Crippen LogP contribution in [-0.2, 0) is 12.7 Å². The number of nitrogens with zero attached hydrogens (tertiary/aromatic N) is 4. The van der Waals surface area contributed by atoms with E-state index in [4.69, 9.17) is 0 Å². The lowest BCUT2D eigenvalue weighted by atomic mass is 10.1. The molecule has 3 rings (SSSR count). The summed E-state index contributed by atoms with van der Waals surface area (Å²) >= 11 is 0. The van der Waals surface area contributed by atoms with E-state index in [2.05, 4.69) is 10.00 Å². The molecule has 1 fully saturated rings. The van der Waals surface area contributed by atoms with Gasteiger partial charge in [0.1, 0.15) is 0 Å². The van der Waals surface area contributed by atoms with Gasteiger partial charge in [-0.2, -0.15) is 18.3 Å². The summed E-state index contributed by atoms with van der Waals surface area (Å²) in [5.41, 5.74) is 0.0910. The fourth-order valence-electron chi connectivity index (χ4n) is 3.33. The quantitative estimate of drug-likeness (QED) is 0.695. The van der Waals surface area contributed by atoms with Crippen molar-refractivity contribution >= 4 is 5.69 Å². The molecule has 0 unspecified atom stereocenters. The van der Waals surface area contributed by atoms with E-state index in [-0.39, 0.29) is 0 Å². The normalized spacial score (nSPS) is 16.2. The Morgan fingerprint density at radius 3 is 2.38 bits per heavy atom. The molecule has 2 heterocycles. The maximum absolute atomic E-state index is 12.9. The molecule has 1 aromatic carbocycles. The Morgan fingerprint density at radius 2 is 1.69 bits per heavy atom. The van der Waals surface area contributed by atoms with Crippen molar-refractivity contribution in [1.82, 2.24) is 14.7 Å². The van der Waals surface area contributed by atoms with E-state index in [1.54, 1.807) is 12.3 Å². The van der Waals surface area contributed by atoms with Crippen LogP contribution in [0, 0.1) is 0 Å². The van der Waals surface area contributed by atoms with Crippen LogP contribution in [0.15, 0.2) is 42.7 Å². The average molecular weight is 366 g/mol. The Bertz CT molecular complexity index is 662. The molecule has 142 valence electrons. The third-order valence-corrected chi connectivity index (χ3v) is 4.83. The summed E-state index contributed by atoms with van der Waals surface area (Å²) in [4.78, 5) is 4.45. The van der Waals surface area contributed by atoms with E-state index in [0.717, 1.165) is 64.6 Å². The first kappa shape index (κ1) is 18.8. The number of hydrogen-bond donors (Lipinski definition) is 0. The first-order valence-electron chi connectivity index (χ1n) is 9.14. The largest absolute Gasteiger partial charge is 0.416 e. The van der Waals surface area contributed by atoms with Crippen LogP contribution in [0.2, 0.25) is 0 Å². The monoisotopic (exact) mass is 366 g/mol. The molecule has 1 aliphatic rings. The molecule has 0 atom stereocenters. The van der Waals surface area contributed by atoms with Crippen molar-refractivity contribution in [1.29, 1.82) is 0 Å². The maximum atomic E-state index is 12.9. The van der Waals surface area contributed by atoms with E-state index in [9.17, 15) is 13.2 Å². The highest BCUT2D eigenvalue weighted by molar-refractivity contribution is 5.49. The Kier molecular flexibility index (Phi) is 6.19. The fourth-order valence-corrected chi connectivity index (χ4v) is 3.33. The van der Waals surface area contributed by atoms with Crippen molar-refractivity contribution in [3.05, 3.63) is 48.3 Å². The van der Waals surface area contributed by atoms with Gasteiger partial charge in [0.2, 0.25) is 0 Å². The molecular formula is C19H25F3N4. The van der Waals surface area contributed by atoms with Crippen molar-refractivity contribution in [2.75, 3.05) is 37.6 Å². The van der Waals surface area contributed by atoms with Gasteiger partial charge in [0.15, 0.2) is 0 Å². The molecule has 0 spiro atoms. The van der Waals surface area contributed by atoms with Gasteiger partial charge in [0.05, 0.1) is 5.56 Å². The summed E-state index contributed by atoms with van der Waals surface area (Å²) in [5.74, 6) is 0. The molecule has 1 saturated heterocycles. The second-order valence-electron chi connectivity index (χ2n) is 6.71. The number of rotatable bonds is 7. The molecule has 7 heteroatoms. The molecule has 0 N–H and O–H groups in total. The number of alkyl halides is 3. The zero-order valence-corrected chi connectivity index (χ0v) is 14.8. The Balaban J connectivity index is 1.37. The van der Waals surface area contributed by atoms with Gasteiger partial charge in [-0.25, -0.2) is 0 Å². The van der Waals surface area contributed by atoms with Gasteiger partial charge in [0, 0.05) is 50.8 Å². The van der Waals surface area contributed by atoms with Crippen LogP contribution in [0.5, 0.6) is 0 Å². The van der Waals surface area contributed by atoms with Crippen LogP contribution in [0.25, 0.3) is 0 Å². The highest BCUT2D eigenvalue weighted by Crippen LogP contribution is 2.31. The van der Waals surface area contributed by atoms with E-state index in [0.29, 0.717) is 5.69 Å². The summed E-state index contributed by atoms with van der Waals surface area (Å²) in [6.45, 7) is 5.35. The summed E-state index contributed by atoms with van der Waals surface area (Å²) in [5, 5.41) is 4.19. The minimum Gasteiger partial charge on any atom is -0.369 e. The molecule has 4 nitrogen and oxygen atoms in total. The van der Waals surface area contributed by atoms with Gasteiger partial charge < -0.3 is 4.90 Å². The molecule has 26 heavy (non-hydrogen) atoms. The minimum atomic E-state index is -4.28. The van der Waals surface area contributed by atoms with Crippen molar-refractivity contribution in [2.45, 2.75) is 32.0 Å². The minimum absolute atomic E-state index is 0.574. The Labute approximate surface area is 152 Å². The SMILES string of the molecule is FC(F)(F)c1cccc(N2CCN(CCCCCn3cccn3)CC2)c1. The smallest absolute Gasteiger partial charge is 0.369 e. The van der Waals surface area contributed by atoms with Gasteiger partial charge >= 0.3 is 6.18 Å². The van der Waals surface area contributed by atoms with Gasteiger partial charge in [0.25, 0.3) is 0 Å². The molecule has 0 saturated carbocycles. The van der Waals surface area contributed by atoms with Crippen molar-refractivity contribution in [3.63, 3.8) is 0 Å². The predicted octanol–water partition coefficient (Wildman–Crippen LogP) is 3.89. The molecule has 0 bridgehead atoms. The zero-order valence-electron chi connectivity index (χ0n) is 14.8. The highest BCUT2D eigenvalue weighted by atomic mass is 19.4. The number of unbranched alkanes of at least 4 members (excludes halogenated alkanes) is 2. The molecule has 1 aliphatic heterocycles. The average Bonchev–Trinajstić information content (AvgIpc) is 3.15. The second kappa shape index (κ2) is 8.58. The fraction of sp³-hybridized carbons (Fsp3) is 0.526. The Morgan fingerprint density at radius 1 is 0.923 bits per heavy atom. The third-order valence-electron chi connectivity index (χ3n) is 4.83.